The normalized spacial score (nSPS) is 14.1. The van der Waals surface area contributed by atoms with Gasteiger partial charge in [-0.05, 0) is 30.3 Å². The van der Waals surface area contributed by atoms with Crippen LogP contribution in [0.2, 0.25) is 0 Å². The van der Waals surface area contributed by atoms with E-state index >= 15 is 0 Å². The molecule has 27 heavy (non-hydrogen) atoms. The molecule has 3 aromatic rings. The Balaban J connectivity index is 1.54. The molecule has 0 aliphatic carbocycles. The van der Waals surface area contributed by atoms with E-state index in [9.17, 15) is 5.26 Å². The van der Waals surface area contributed by atoms with Gasteiger partial charge in [-0.3, -0.25) is 0 Å². The van der Waals surface area contributed by atoms with E-state index in [2.05, 4.69) is 33.0 Å². The highest BCUT2D eigenvalue weighted by atomic mass is 16.5. The molecule has 0 unspecified atom stereocenters. The molecule has 136 valence electrons. The van der Waals surface area contributed by atoms with E-state index in [1.165, 1.54) is 5.69 Å². The summed E-state index contributed by atoms with van der Waals surface area (Å²) in [7, 11) is 1.62. The van der Waals surface area contributed by atoms with Crippen molar-refractivity contribution in [3.05, 3.63) is 60.3 Å². The second kappa shape index (κ2) is 7.42. The zero-order valence-electron chi connectivity index (χ0n) is 15.1. The molecule has 0 N–H and O–H groups in total. The maximum atomic E-state index is 9.51. The fraction of sp³-hybridized carbons (Fsp3) is 0.238. The lowest BCUT2D eigenvalue weighted by Gasteiger charge is -2.35. The fourth-order valence-corrected chi connectivity index (χ4v) is 3.29. The van der Waals surface area contributed by atoms with E-state index in [4.69, 9.17) is 9.15 Å². The smallest absolute Gasteiger partial charge is 0.235 e. The molecule has 2 heterocycles. The number of piperazine rings is 1. The molecule has 1 saturated heterocycles. The zero-order chi connectivity index (χ0) is 18.6. The van der Waals surface area contributed by atoms with Gasteiger partial charge in [-0.2, -0.15) is 10.2 Å². The summed E-state index contributed by atoms with van der Waals surface area (Å²) in [6, 6.07) is 20.0. The van der Waals surface area contributed by atoms with E-state index in [0.29, 0.717) is 17.5 Å². The van der Waals surface area contributed by atoms with Gasteiger partial charge in [0, 0.05) is 37.4 Å². The summed E-state index contributed by atoms with van der Waals surface area (Å²) in [5.41, 5.74) is 2.33. The van der Waals surface area contributed by atoms with Crippen LogP contribution in [0.25, 0.3) is 11.5 Å². The Kier molecular flexibility index (Phi) is 4.67. The lowest BCUT2D eigenvalue weighted by molar-refractivity contribution is 0.414. The van der Waals surface area contributed by atoms with Gasteiger partial charge < -0.3 is 19.0 Å². The average molecular weight is 360 g/mol. The average Bonchev–Trinajstić information content (AvgIpc) is 3.19. The highest BCUT2D eigenvalue weighted by Crippen LogP contribution is 2.30. The third-order valence-electron chi connectivity index (χ3n) is 4.72. The van der Waals surface area contributed by atoms with Crippen molar-refractivity contribution in [2.24, 2.45) is 0 Å². The minimum absolute atomic E-state index is 0.320. The van der Waals surface area contributed by atoms with Gasteiger partial charge in [0.2, 0.25) is 17.5 Å². The van der Waals surface area contributed by atoms with Gasteiger partial charge in [0.15, 0.2) is 0 Å². The minimum Gasteiger partial charge on any atom is -0.497 e. The molecule has 4 rings (SSSR count). The van der Waals surface area contributed by atoms with Crippen LogP contribution in [0.1, 0.15) is 5.69 Å². The Hall–Kier alpha value is -3.46. The van der Waals surface area contributed by atoms with E-state index in [1.807, 2.05) is 42.5 Å². The van der Waals surface area contributed by atoms with Gasteiger partial charge in [0.1, 0.15) is 11.8 Å². The molecule has 1 aliphatic heterocycles. The molecule has 1 aromatic heterocycles. The van der Waals surface area contributed by atoms with E-state index < -0.39 is 0 Å². The number of hydrogen-bond donors (Lipinski definition) is 0. The predicted molar refractivity (Wildman–Crippen MR) is 104 cm³/mol. The van der Waals surface area contributed by atoms with Crippen LogP contribution in [0, 0.1) is 11.3 Å². The molecular formula is C21H20N4O2. The number of rotatable bonds is 4. The van der Waals surface area contributed by atoms with Gasteiger partial charge in [-0.15, -0.1) is 0 Å². The zero-order valence-corrected chi connectivity index (χ0v) is 15.1. The Labute approximate surface area is 158 Å². The lowest BCUT2D eigenvalue weighted by Crippen LogP contribution is -2.46. The summed E-state index contributed by atoms with van der Waals surface area (Å²) in [6.07, 6.45) is 0. The van der Waals surface area contributed by atoms with Gasteiger partial charge in [-0.25, -0.2) is 0 Å². The van der Waals surface area contributed by atoms with Gasteiger partial charge in [0.05, 0.1) is 7.11 Å². The largest absolute Gasteiger partial charge is 0.497 e. The summed E-state index contributed by atoms with van der Waals surface area (Å²) in [5.74, 6) is 1.70. The number of anilines is 2. The first-order chi connectivity index (χ1) is 13.3. The fourth-order valence-electron chi connectivity index (χ4n) is 3.29. The SMILES string of the molecule is COc1cccc(-c2nc(C#N)c(N3CCN(c4ccccc4)CC3)o2)c1. The van der Waals surface area contributed by atoms with E-state index in [1.54, 1.807) is 7.11 Å². The Morgan fingerprint density at radius 2 is 1.74 bits per heavy atom. The number of ether oxygens (including phenoxy) is 1. The van der Waals surface area contributed by atoms with Crippen molar-refractivity contribution in [1.29, 1.82) is 5.26 Å². The molecule has 2 aromatic carbocycles. The van der Waals surface area contributed by atoms with Crippen molar-refractivity contribution in [2.75, 3.05) is 43.1 Å². The summed E-state index contributed by atoms with van der Waals surface area (Å²) in [4.78, 5) is 8.82. The minimum atomic E-state index is 0.320. The van der Waals surface area contributed by atoms with Gasteiger partial charge in [0.25, 0.3) is 0 Å². The Morgan fingerprint density at radius 1 is 1.00 bits per heavy atom. The topological polar surface area (TPSA) is 65.5 Å². The van der Waals surface area contributed by atoms with Crippen molar-refractivity contribution in [3.63, 3.8) is 0 Å². The highest BCUT2D eigenvalue weighted by Gasteiger charge is 2.24. The number of benzene rings is 2. The number of aromatic nitrogens is 1. The highest BCUT2D eigenvalue weighted by molar-refractivity contribution is 5.61. The van der Waals surface area contributed by atoms with Crippen LogP contribution < -0.4 is 14.5 Å². The number of hydrogen-bond acceptors (Lipinski definition) is 6. The van der Waals surface area contributed by atoms with Crippen LogP contribution in [0.15, 0.2) is 59.0 Å². The molecule has 6 heteroatoms. The van der Waals surface area contributed by atoms with E-state index in [-0.39, 0.29) is 0 Å². The first-order valence-electron chi connectivity index (χ1n) is 8.89. The summed E-state index contributed by atoms with van der Waals surface area (Å²) < 4.78 is 11.2. The predicted octanol–water partition coefficient (Wildman–Crippen LogP) is 3.55. The molecule has 0 saturated carbocycles. The van der Waals surface area contributed by atoms with Gasteiger partial charge in [-0.1, -0.05) is 24.3 Å². The first kappa shape index (κ1) is 17.0. The Bertz CT molecular complexity index is 954. The lowest BCUT2D eigenvalue weighted by atomic mass is 10.2. The molecular weight excluding hydrogens is 340 g/mol. The van der Waals surface area contributed by atoms with Crippen LogP contribution in [0.5, 0.6) is 5.75 Å². The number of para-hydroxylation sites is 1. The third kappa shape index (κ3) is 3.44. The number of oxazole rings is 1. The number of nitriles is 1. The number of nitrogens with zero attached hydrogens (tertiary/aromatic N) is 4. The first-order valence-corrected chi connectivity index (χ1v) is 8.89. The monoisotopic (exact) mass is 360 g/mol. The second-order valence-corrected chi connectivity index (χ2v) is 6.33. The van der Waals surface area contributed by atoms with Crippen LogP contribution in [0.3, 0.4) is 0 Å². The maximum absolute atomic E-state index is 9.51. The summed E-state index contributed by atoms with van der Waals surface area (Å²) in [6.45, 7) is 3.28. The number of methoxy groups -OCH3 is 1. The summed E-state index contributed by atoms with van der Waals surface area (Å²) >= 11 is 0. The molecule has 0 bridgehead atoms. The van der Waals surface area contributed by atoms with Gasteiger partial charge >= 0.3 is 0 Å². The second-order valence-electron chi connectivity index (χ2n) is 6.33. The molecule has 1 aliphatic rings. The summed E-state index contributed by atoms with van der Waals surface area (Å²) in [5, 5.41) is 9.51. The van der Waals surface area contributed by atoms with Crippen LogP contribution in [-0.2, 0) is 0 Å². The van der Waals surface area contributed by atoms with E-state index in [0.717, 1.165) is 37.5 Å². The van der Waals surface area contributed by atoms with Crippen molar-refractivity contribution in [1.82, 2.24) is 4.98 Å². The molecule has 6 nitrogen and oxygen atoms in total. The quantitative estimate of drug-likeness (QED) is 0.709. The van der Waals surface area contributed by atoms with Crippen molar-refractivity contribution in [3.8, 4) is 23.3 Å². The van der Waals surface area contributed by atoms with Crippen LogP contribution in [-0.4, -0.2) is 38.3 Å². The maximum Gasteiger partial charge on any atom is 0.235 e. The van der Waals surface area contributed by atoms with Crippen molar-refractivity contribution < 1.29 is 9.15 Å². The van der Waals surface area contributed by atoms with Crippen LogP contribution in [0.4, 0.5) is 11.6 Å². The molecule has 0 radical (unpaired) electrons. The molecule has 1 fully saturated rings. The third-order valence-corrected chi connectivity index (χ3v) is 4.72. The standard InChI is InChI=1S/C21H20N4O2/c1-26-18-9-5-6-16(14-18)20-23-19(15-22)21(27-20)25-12-10-24(11-13-25)17-7-3-2-4-8-17/h2-9,14H,10-13H2,1H3. The Morgan fingerprint density at radius 3 is 2.44 bits per heavy atom. The molecule has 0 atom stereocenters. The van der Waals surface area contributed by atoms with Crippen molar-refractivity contribution >= 4 is 11.6 Å². The molecule has 0 amide bonds. The molecule has 0 spiro atoms. The van der Waals surface area contributed by atoms with Crippen LogP contribution >= 0.6 is 0 Å². The van der Waals surface area contributed by atoms with Crippen molar-refractivity contribution in [2.45, 2.75) is 0 Å².